The highest BCUT2D eigenvalue weighted by molar-refractivity contribution is 7.99. The number of methoxy groups -OCH3 is 2. The van der Waals surface area contributed by atoms with Gasteiger partial charge < -0.3 is 20.1 Å². The van der Waals surface area contributed by atoms with Crippen LogP contribution in [0.2, 0.25) is 0 Å². The quantitative estimate of drug-likeness (QED) is 0.766. The van der Waals surface area contributed by atoms with Crippen molar-refractivity contribution in [1.82, 2.24) is 10.6 Å². The molecule has 1 aromatic rings. The van der Waals surface area contributed by atoms with Crippen LogP contribution >= 0.6 is 24.2 Å². The number of rotatable bonds is 7. The van der Waals surface area contributed by atoms with E-state index in [0.29, 0.717) is 24.0 Å². The van der Waals surface area contributed by atoms with Crippen molar-refractivity contribution in [3.8, 4) is 11.5 Å². The van der Waals surface area contributed by atoms with E-state index in [1.54, 1.807) is 14.2 Å². The molecule has 1 amide bonds. The molecule has 1 saturated heterocycles. The maximum atomic E-state index is 12.1. The van der Waals surface area contributed by atoms with Crippen molar-refractivity contribution < 1.29 is 14.3 Å². The molecule has 1 aliphatic rings. The van der Waals surface area contributed by atoms with Gasteiger partial charge in [-0.25, -0.2) is 0 Å². The highest BCUT2D eigenvalue weighted by Gasteiger charge is 2.18. The van der Waals surface area contributed by atoms with Gasteiger partial charge in [0.1, 0.15) is 0 Å². The molecule has 7 heteroatoms. The minimum atomic E-state index is 0. The first-order chi connectivity index (χ1) is 11.1. The molecular weight excluding hydrogens is 348 g/mol. The van der Waals surface area contributed by atoms with E-state index in [-0.39, 0.29) is 24.4 Å². The number of carbonyl (C=O) groups is 1. The number of hydrogen-bond donors (Lipinski definition) is 2. The highest BCUT2D eigenvalue weighted by Crippen LogP contribution is 2.27. The number of carbonyl (C=O) groups excluding carboxylic acids is 1. The Morgan fingerprint density at radius 1 is 1.38 bits per heavy atom. The molecule has 1 aliphatic heterocycles. The lowest BCUT2D eigenvalue weighted by atomic mass is 10.1. The first kappa shape index (κ1) is 20.9. The van der Waals surface area contributed by atoms with E-state index >= 15 is 0 Å². The number of benzene rings is 1. The van der Waals surface area contributed by atoms with Crippen molar-refractivity contribution in [2.24, 2.45) is 0 Å². The van der Waals surface area contributed by atoms with Gasteiger partial charge in [-0.3, -0.25) is 4.79 Å². The topological polar surface area (TPSA) is 59.6 Å². The van der Waals surface area contributed by atoms with E-state index in [4.69, 9.17) is 9.47 Å². The molecule has 0 spiro atoms. The Balaban J connectivity index is 0.00000288. The predicted octanol–water partition coefficient (Wildman–Crippen LogP) is 2.27. The predicted molar refractivity (Wildman–Crippen MR) is 102 cm³/mol. The zero-order valence-corrected chi connectivity index (χ0v) is 16.1. The Morgan fingerprint density at radius 2 is 2.12 bits per heavy atom. The van der Waals surface area contributed by atoms with Gasteiger partial charge in [-0.05, 0) is 31.0 Å². The summed E-state index contributed by atoms with van der Waals surface area (Å²) < 4.78 is 10.6. The van der Waals surface area contributed by atoms with Gasteiger partial charge in [-0.1, -0.05) is 6.07 Å². The minimum Gasteiger partial charge on any atom is -0.493 e. The summed E-state index contributed by atoms with van der Waals surface area (Å²) in [4.78, 5) is 12.1. The SMILES string of the molecule is COc1ccc(CC(C)NC(=O)CC2CSCCN2)cc1OC.Cl. The summed E-state index contributed by atoms with van der Waals surface area (Å²) in [5, 5.41) is 6.47. The third kappa shape index (κ3) is 6.42. The lowest BCUT2D eigenvalue weighted by molar-refractivity contribution is -0.122. The zero-order valence-electron chi connectivity index (χ0n) is 14.5. The van der Waals surface area contributed by atoms with E-state index in [1.165, 1.54) is 0 Å². The zero-order chi connectivity index (χ0) is 16.7. The van der Waals surface area contributed by atoms with E-state index in [1.807, 2.05) is 36.9 Å². The normalized spacial score (nSPS) is 18.2. The average Bonchev–Trinajstić information content (AvgIpc) is 2.55. The summed E-state index contributed by atoms with van der Waals surface area (Å²) in [5.74, 6) is 3.68. The molecule has 0 radical (unpaired) electrons. The van der Waals surface area contributed by atoms with Gasteiger partial charge >= 0.3 is 0 Å². The van der Waals surface area contributed by atoms with E-state index < -0.39 is 0 Å². The largest absolute Gasteiger partial charge is 0.493 e. The van der Waals surface area contributed by atoms with Crippen LogP contribution in [0.25, 0.3) is 0 Å². The molecule has 136 valence electrons. The molecule has 1 fully saturated rings. The van der Waals surface area contributed by atoms with Crippen molar-refractivity contribution in [3.05, 3.63) is 23.8 Å². The van der Waals surface area contributed by atoms with Gasteiger partial charge in [0.25, 0.3) is 0 Å². The summed E-state index contributed by atoms with van der Waals surface area (Å²) in [6, 6.07) is 6.23. The van der Waals surface area contributed by atoms with Crippen LogP contribution in [0.15, 0.2) is 18.2 Å². The molecule has 2 unspecified atom stereocenters. The van der Waals surface area contributed by atoms with Crippen molar-refractivity contribution in [1.29, 1.82) is 0 Å². The second kappa shape index (κ2) is 10.7. The lowest BCUT2D eigenvalue weighted by Gasteiger charge is -2.23. The summed E-state index contributed by atoms with van der Waals surface area (Å²) in [5.41, 5.74) is 1.11. The van der Waals surface area contributed by atoms with Crippen LogP contribution < -0.4 is 20.1 Å². The van der Waals surface area contributed by atoms with Crippen LogP contribution in [0, 0.1) is 0 Å². The lowest BCUT2D eigenvalue weighted by Crippen LogP contribution is -2.43. The summed E-state index contributed by atoms with van der Waals surface area (Å²) in [7, 11) is 3.25. The minimum absolute atomic E-state index is 0. The number of hydrogen-bond acceptors (Lipinski definition) is 5. The fourth-order valence-corrected chi connectivity index (χ4v) is 3.67. The number of ether oxygens (including phenoxy) is 2. The Kier molecular flexibility index (Phi) is 9.33. The van der Waals surface area contributed by atoms with Gasteiger partial charge in [0, 0.05) is 36.6 Å². The third-order valence-electron chi connectivity index (χ3n) is 3.83. The second-order valence-electron chi connectivity index (χ2n) is 5.79. The van der Waals surface area contributed by atoms with Crippen molar-refractivity contribution in [2.75, 3.05) is 32.3 Å². The third-order valence-corrected chi connectivity index (χ3v) is 4.96. The number of thioether (sulfide) groups is 1. The van der Waals surface area contributed by atoms with E-state index in [9.17, 15) is 4.79 Å². The maximum absolute atomic E-state index is 12.1. The molecule has 2 N–H and O–H groups in total. The van der Waals surface area contributed by atoms with Gasteiger partial charge in [0.05, 0.1) is 14.2 Å². The Morgan fingerprint density at radius 3 is 2.75 bits per heavy atom. The van der Waals surface area contributed by atoms with E-state index in [0.717, 1.165) is 30.0 Å². The maximum Gasteiger partial charge on any atom is 0.221 e. The number of halogens is 1. The molecule has 5 nitrogen and oxygen atoms in total. The van der Waals surface area contributed by atoms with Crippen LogP contribution in [0.4, 0.5) is 0 Å². The molecule has 24 heavy (non-hydrogen) atoms. The molecule has 0 saturated carbocycles. The molecule has 1 heterocycles. The van der Waals surface area contributed by atoms with Crippen LogP contribution in [0.3, 0.4) is 0 Å². The first-order valence-electron chi connectivity index (χ1n) is 7.93. The molecule has 0 aromatic heterocycles. The standard InChI is InChI=1S/C17H26N2O3S.ClH/c1-12(19-17(20)10-14-11-23-7-6-18-14)8-13-4-5-15(21-2)16(9-13)22-3;/h4-5,9,12,14,18H,6-8,10-11H2,1-3H3,(H,19,20);1H. The Hall–Kier alpha value is -1.11. The highest BCUT2D eigenvalue weighted by atomic mass is 35.5. The fourth-order valence-electron chi connectivity index (χ4n) is 2.72. The number of nitrogens with one attached hydrogen (secondary N) is 2. The molecule has 0 aliphatic carbocycles. The van der Waals surface area contributed by atoms with Crippen LogP contribution in [0.5, 0.6) is 11.5 Å². The van der Waals surface area contributed by atoms with Crippen LogP contribution in [-0.2, 0) is 11.2 Å². The molecular formula is C17H27ClN2O3S. The van der Waals surface area contributed by atoms with Gasteiger partial charge in [0.15, 0.2) is 11.5 Å². The molecule has 1 aromatic carbocycles. The smallest absolute Gasteiger partial charge is 0.221 e. The summed E-state index contributed by atoms with van der Waals surface area (Å²) in [6.07, 6.45) is 1.31. The molecule has 0 bridgehead atoms. The van der Waals surface area contributed by atoms with E-state index in [2.05, 4.69) is 10.6 Å². The second-order valence-corrected chi connectivity index (χ2v) is 6.94. The molecule has 2 atom stereocenters. The average molecular weight is 375 g/mol. The van der Waals surface area contributed by atoms with Crippen molar-refractivity contribution in [2.45, 2.75) is 31.8 Å². The first-order valence-corrected chi connectivity index (χ1v) is 9.09. The van der Waals surface area contributed by atoms with Crippen LogP contribution in [0.1, 0.15) is 18.9 Å². The van der Waals surface area contributed by atoms with Crippen LogP contribution in [-0.4, -0.2) is 50.3 Å². The van der Waals surface area contributed by atoms with Crippen molar-refractivity contribution >= 4 is 30.1 Å². The van der Waals surface area contributed by atoms with Crippen molar-refractivity contribution in [3.63, 3.8) is 0 Å². The van der Waals surface area contributed by atoms with Gasteiger partial charge in [-0.15, -0.1) is 12.4 Å². The summed E-state index contributed by atoms with van der Waals surface area (Å²) >= 11 is 1.91. The Bertz CT molecular complexity index is 525. The molecule has 2 rings (SSSR count). The Labute approximate surface area is 154 Å². The fraction of sp³-hybridized carbons (Fsp3) is 0.588. The summed E-state index contributed by atoms with van der Waals surface area (Å²) in [6.45, 7) is 3.02. The number of amides is 1. The van der Waals surface area contributed by atoms with Gasteiger partial charge in [-0.2, -0.15) is 11.8 Å². The monoisotopic (exact) mass is 374 g/mol. The van der Waals surface area contributed by atoms with Gasteiger partial charge in [0.2, 0.25) is 5.91 Å².